The van der Waals surface area contributed by atoms with Gasteiger partial charge in [0, 0.05) is 48.8 Å². The van der Waals surface area contributed by atoms with Gasteiger partial charge in [-0.25, -0.2) is 4.98 Å². The van der Waals surface area contributed by atoms with Crippen molar-refractivity contribution in [2.45, 2.75) is 13.0 Å². The Morgan fingerprint density at radius 3 is 3.19 bits per heavy atom. The molecule has 138 valence electrons. The first-order chi connectivity index (χ1) is 12.6. The summed E-state index contributed by atoms with van der Waals surface area (Å²) in [4.78, 5) is 19.8. The number of ether oxygens (including phenoxy) is 2. The number of benzene rings is 1. The number of methoxy groups -OCH3 is 1. The van der Waals surface area contributed by atoms with Crippen LogP contribution in [-0.2, 0) is 16.1 Å². The van der Waals surface area contributed by atoms with Crippen molar-refractivity contribution in [3.8, 4) is 16.3 Å². The van der Waals surface area contributed by atoms with Crippen LogP contribution in [0.15, 0.2) is 30.5 Å². The Hall–Kier alpha value is -1.96. The molecule has 2 atom stereocenters. The Kier molecular flexibility index (Phi) is 4.69. The minimum absolute atomic E-state index is 0.0690. The number of aliphatic carboxylic acids is 1. The van der Waals surface area contributed by atoms with E-state index in [0.29, 0.717) is 26.2 Å². The molecule has 0 aliphatic carbocycles. The van der Waals surface area contributed by atoms with Crippen molar-refractivity contribution in [1.82, 2.24) is 9.88 Å². The summed E-state index contributed by atoms with van der Waals surface area (Å²) in [6.45, 7) is 3.16. The molecule has 0 saturated carbocycles. The molecular formula is C19H22N2O4S. The average molecular weight is 374 g/mol. The van der Waals surface area contributed by atoms with Gasteiger partial charge in [0.15, 0.2) is 0 Å². The van der Waals surface area contributed by atoms with E-state index in [-0.39, 0.29) is 5.92 Å². The van der Waals surface area contributed by atoms with Gasteiger partial charge in [-0.05, 0) is 18.6 Å². The minimum atomic E-state index is -0.685. The molecular weight excluding hydrogens is 352 g/mol. The van der Waals surface area contributed by atoms with Crippen LogP contribution in [0.4, 0.5) is 0 Å². The number of thiazole rings is 1. The van der Waals surface area contributed by atoms with Gasteiger partial charge in [-0.3, -0.25) is 9.69 Å². The number of carboxylic acids is 1. The topological polar surface area (TPSA) is 71.9 Å². The number of hydrogen-bond donors (Lipinski definition) is 1. The normalized spacial score (nSPS) is 25.8. The van der Waals surface area contributed by atoms with Crippen LogP contribution < -0.4 is 4.74 Å². The van der Waals surface area contributed by atoms with Crippen molar-refractivity contribution in [2.24, 2.45) is 11.3 Å². The third-order valence-electron chi connectivity index (χ3n) is 5.45. The highest BCUT2D eigenvalue weighted by molar-refractivity contribution is 7.15. The monoisotopic (exact) mass is 374 g/mol. The molecule has 2 fully saturated rings. The van der Waals surface area contributed by atoms with Crippen LogP contribution in [0.1, 0.15) is 11.3 Å². The van der Waals surface area contributed by atoms with Gasteiger partial charge in [0.05, 0.1) is 19.1 Å². The third-order valence-corrected chi connectivity index (χ3v) is 6.48. The molecule has 0 amide bonds. The molecule has 2 aromatic rings. The Morgan fingerprint density at radius 2 is 2.42 bits per heavy atom. The van der Waals surface area contributed by atoms with Crippen LogP contribution in [0.25, 0.3) is 10.6 Å². The quantitative estimate of drug-likeness (QED) is 0.868. The second-order valence-corrected chi connectivity index (χ2v) is 8.13. The molecule has 1 aromatic carbocycles. The first kappa shape index (κ1) is 17.5. The van der Waals surface area contributed by atoms with Crippen LogP contribution in [0, 0.1) is 11.3 Å². The van der Waals surface area contributed by atoms with E-state index < -0.39 is 11.4 Å². The zero-order valence-corrected chi connectivity index (χ0v) is 15.5. The van der Waals surface area contributed by atoms with Gasteiger partial charge in [-0.1, -0.05) is 12.1 Å². The highest BCUT2D eigenvalue weighted by atomic mass is 32.1. The smallest absolute Gasteiger partial charge is 0.311 e. The third kappa shape index (κ3) is 3.11. The Morgan fingerprint density at radius 1 is 1.54 bits per heavy atom. The molecule has 26 heavy (non-hydrogen) atoms. The molecule has 0 radical (unpaired) electrons. The van der Waals surface area contributed by atoms with Crippen LogP contribution in [0.3, 0.4) is 0 Å². The van der Waals surface area contributed by atoms with E-state index in [1.54, 1.807) is 18.4 Å². The Labute approximate surface area is 156 Å². The van der Waals surface area contributed by atoms with E-state index >= 15 is 0 Å². The van der Waals surface area contributed by atoms with E-state index in [9.17, 15) is 9.90 Å². The van der Waals surface area contributed by atoms with E-state index in [0.717, 1.165) is 34.3 Å². The second-order valence-electron chi connectivity index (χ2n) is 7.02. The summed E-state index contributed by atoms with van der Waals surface area (Å²) in [6.07, 6.45) is 2.49. The van der Waals surface area contributed by atoms with E-state index in [2.05, 4.69) is 9.88 Å². The number of aromatic nitrogens is 1. The second kappa shape index (κ2) is 6.98. The fraction of sp³-hybridized carbons (Fsp3) is 0.474. The lowest BCUT2D eigenvalue weighted by atomic mass is 9.74. The summed E-state index contributed by atoms with van der Waals surface area (Å²) < 4.78 is 10.8. The van der Waals surface area contributed by atoms with Gasteiger partial charge < -0.3 is 14.6 Å². The number of nitrogens with zero attached hydrogens (tertiary/aromatic N) is 2. The fourth-order valence-corrected chi connectivity index (χ4v) is 4.97. The van der Waals surface area contributed by atoms with Gasteiger partial charge >= 0.3 is 5.97 Å². The zero-order chi connectivity index (χ0) is 18.1. The van der Waals surface area contributed by atoms with Crippen LogP contribution in [0.2, 0.25) is 0 Å². The molecule has 4 rings (SSSR count). The number of rotatable bonds is 5. The first-order valence-corrected chi connectivity index (χ1v) is 9.55. The van der Waals surface area contributed by atoms with Crippen molar-refractivity contribution < 1.29 is 19.4 Å². The summed E-state index contributed by atoms with van der Waals surface area (Å²) in [5.74, 6) is 0.195. The molecule has 0 bridgehead atoms. The van der Waals surface area contributed by atoms with Gasteiger partial charge in [0.1, 0.15) is 10.8 Å². The highest BCUT2D eigenvalue weighted by Crippen LogP contribution is 2.43. The lowest BCUT2D eigenvalue weighted by molar-refractivity contribution is -0.157. The number of fused-ring (bicyclic) bond motifs is 1. The zero-order valence-electron chi connectivity index (χ0n) is 14.7. The standard InChI is InChI=1S/C19H22N2O4S/c1-24-15-4-2-3-13(7-15)17-20-8-16(26-17)10-21-9-14-11-25-6-5-19(14,12-21)18(22)23/h2-4,7-8,14H,5-6,9-12H2,1H3,(H,22,23)/t14-,19+/m1/s1. The van der Waals surface area contributed by atoms with Crippen molar-refractivity contribution in [1.29, 1.82) is 0 Å². The number of carboxylic acid groups (broad SMARTS) is 1. The molecule has 1 N–H and O–H groups in total. The lowest BCUT2D eigenvalue weighted by Crippen LogP contribution is -2.44. The molecule has 2 aliphatic heterocycles. The van der Waals surface area contributed by atoms with Gasteiger partial charge in [-0.2, -0.15) is 0 Å². The van der Waals surface area contributed by atoms with Crippen molar-refractivity contribution in [2.75, 3.05) is 33.4 Å². The van der Waals surface area contributed by atoms with Gasteiger partial charge in [0.25, 0.3) is 0 Å². The number of carbonyl (C=O) groups is 1. The van der Waals surface area contributed by atoms with Gasteiger partial charge in [-0.15, -0.1) is 11.3 Å². The summed E-state index contributed by atoms with van der Waals surface area (Å²) in [6, 6.07) is 7.87. The summed E-state index contributed by atoms with van der Waals surface area (Å²) in [7, 11) is 1.65. The molecule has 6 nitrogen and oxygen atoms in total. The van der Waals surface area contributed by atoms with Crippen molar-refractivity contribution in [3.05, 3.63) is 35.3 Å². The van der Waals surface area contributed by atoms with Crippen LogP contribution in [0.5, 0.6) is 5.75 Å². The molecule has 3 heterocycles. The Bertz CT molecular complexity index is 808. The maximum atomic E-state index is 11.9. The molecule has 1 aromatic heterocycles. The average Bonchev–Trinajstić information content (AvgIpc) is 3.26. The number of hydrogen-bond acceptors (Lipinski definition) is 6. The molecule has 7 heteroatoms. The number of likely N-dealkylation sites (tertiary alicyclic amines) is 1. The molecule has 0 unspecified atom stereocenters. The van der Waals surface area contributed by atoms with E-state index in [1.165, 1.54) is 0 Å². The van der Waals surface area contributed by atoms with Crippen LogP contribution >= 0.6 is 11.3 Å². The predicted molar refractivity (Wildman–Crippen MR) is 98.4 cm³/mol. The maximum absolute atomic E-state index is 11.9. The maximum Gasteiger partial charge on any atom is 0.311 e. The highest BCUT2D eigenvalue weighted by Gasteiger charge is 2.53. The first-order valence-electron chi connectivity index (χ1n) is 8.73. The summed E-state index contributed by atoms with van der Waals surface area (Å²) >= 11 is 1.65. The van der Waals surface area contributed by atoms with Crippen molar-refractivity contribution in [3.63, 3.8) is 0 Å². The largest absolute Gasteiger partial charge is 0.497 e. The molecule has 2 saturated heterocycles. The minimum Gasteiger partial charge on any atom is -0.497 e. The van der Waals surface area contributed by atoms with Crippen molar-refractivity contribution >= 4 is 17.3 Å². The summed E-state index contributed by atoms with van der Waals surface area (Å²) in [5.41, 5.74) is 0.379. The predicted octanol–water partition coefficient (Wildman–Crippen LogP) is 2.74. The molecule has 2 aliphatic rings. The fourth-order valence-electron chi connectivity index (χ4n) is 4.01. The van der Waals surface area contributed by atoms with Crippen LogP contribution in [-0.4, -0.2) is 54.4 Å². The van der Waals surface area contributed by atoms with Gasteiger partial charge in [0.2, 0.25) is 0 Å². The van der Waals surface area contributed by atoms with E-state index in [1.807, 2.05) is 30.5 Å². The SMILES string of the molecule is COc1cccc(-c2ncc(CN3C[C@@H]4COCC[C@]4(C(=O)O)C3)s2)c1. The Balaban J connectivity index is 1.49. The van der Waals surface area contributed by atoms with E-state index in [4.69, 9.17) is 9.47 Å². The summed E-state index contributed by atoms with van der Waals surface area (Å²) in [5, 5.41) is 10.7. The lowest BCUT2D eigenvalue weighted by Gasteiger charge is -2.34. The molecule has 0 spiro atoms.